The van der Waals surface area contributed by atoms with Crippen molar-refractivity contribution in [1.82, 2.24) is 10.5 Å². The standard InChI is InChI=1S/C18H24N4O3/c1-12-11-22(8-9-24-12)16-6-4-15(5-7-16)20-18(23)19-10-17-13(2)21-25-14(17)3/h4-7,12H,8-11H2,1-3H3,(H2,19,20,23). The van der Waals surface area contributed by atoms with E-state index in [1.54, 1.807) is 0 Å². The largest absolute Gasteiger partial charge is 0.375 e. The summed E-state index contributed by atoms with van der Waals surface area (Å²) in [4.78, 5) is 14.3. The normalized spacial score (nSPS) is 17.4. The number of carbonyl (C=O) groups is 1. The Morgan fingerprint density at radius 2 is 2.08 bits per heavy atom. The lowest BCUT2D eigenvalue weighted by atomic mass is 10.2. The van der Waals surface area contributed by atoms with Crippen molar-refractivity contribution < 1.29 is 14.1 Å². The molecule has 1 aliphatic heterocycles. The van der Waals surface area contributed by atoms with Gasteiger partial charge >= 0.3 is 6.03 Å². The molecule has 2 amide bonds. The first-order valence-electron chi connectivity index (χ1n) is 8.46. The molecule has 3 rings (SSSR count). The van der Waals surface area contributed by atoms with Crippen LogP contribution in [0.3, 0.4) is 0 Å². The van der Waals surface area contributed by atoms with E-state index in [-0.39, 0.29) is 12.1 Å². The SMILES string of the molecule is Cc1noc(C)c1CNC(=O)Nc1ccc(N2CCOC(C)C2)cc1. The molecule has 1 aliphatic rings. The highest BCUT2D eigenvalue weighted by Crippen LogP contribution is 2.20. The summed E-state index contributed by atoms with van der Waals surface area (Å²) < 4.78 is 10.7. The van der Waals surface area contributed by atoms with Crippen LogP contribution in [0.5, 0.6) is 0 Å². The predicted molar refractivity (Wildman–Crippen MR) is 95.9 cm³/mol. The number of morpholine rings is 1. The Morgan fingerprint density at radius 3 is 2.72 bits per heavy atom. The van der Waals surface area contributed by atoms with E-state index in [0.717, 1.165) is 48.1 Å². The highest BCUT2D eigenvalue weighted by Gasteiger charge is 2.17. The summed E-state index contributed by atoms with van der Waals surface area (Å²) in [5.74, 6) is 0.724. The highest BCUT2D eigenvalue weighted by atomic mass is 16.5. The van der Waals surface area contributed by atoms with Crippen LogP contribution >= 0.6 is 0 Å². The van der Waals surface area contributed by atoms with Gasteiger partial charge in [0, 0.05) is 36.6 Å². The average Bonchev–Trinajstić information content (AvgIpc) is 2.92. The lowest BCUT2D eigenvalue weighted by molar-refractivity contribution is 0.0532. The number of hydrogen-bond donors (Lipinski definition) is 2. The third-order valence-corrected chi connectivity index (χ3v) is 4.34. The molecule has 1 atom stereocenters. The monoisotopic (exact) mass is 344 g/mol. The molecule has 7 nitrogen and oxygen atoms in total. The Hall–Kier alpha value is -2.54. The van der Waals surface area contributed by atoms with Gasteiger partial charge in [-0.05, 0) is 45.0 Å². The molecule has 0 aliphatic carbocycles. The van der Waals surface area contributed by atoms with Crippen molar-refractivity contribution >= 4 is 17.4 Å². The van der Waals surface area contributed by atoms with E-state index in [1.165, 1.54) is 0 Å². The van der Waals surface area contributed by atoms with Gasteiger partial charge in [-0.25, -0.2) is 4.79 Å². The van der Waals surface area contributed by atoms with Crippen molar-refractivity contribution in [2.45, 2.75) is 33.4 Å². The van der Waals surface area contributed by atoms with Crippen LogP contribution in [-0.4, -0.2) is 37.0 Å². The minimum Gasteiger partial charge on any atom is -0.375 e. The summed E-state index contributed by atoms with van der Waals surface area (Å²) >= 11 is 0. The van der Waals surface area contributed by atoms with Gasteiger partial charge in [0.2, 0.25) is 0 Å². The minimum atomic E-state index is -0.257. The maximum Gasteiger partial charge on any atom is 0.319 e. The van der Waals surface area contributed by atoms with Crippen LogP contribution in [0, 0.1) is 13.8 Å². The summed E-state index contributed by atoms with van der Waals surface area (Å²) in [6, 6.07) is 7.59. The average molecular weight is 344 g/mol. The van der Waals surface area contributed by atoms with Gasteiger partial charge in [-0.15, -0.1) is 0 Å². The number of carbonyl (C=O) groups excluding carboxylic acids is 1. The quantitative estimate of drug-likeness (QED) is 0.891. The first-order chi connectivity index (χ1) is 12.0. The first kappa shape index (κ1) is 17.3. The van der Waals surface area contributed by atoms with E-state index in [2.05, 4.69) is 27.6 Å². The number of ether oxygens (including phenoxy) is 1. The van der Waals surface area contributed by atoms with E-state index < -0.39 is 0 Å². The number of benzene rings is 1. The smallest absolute Gasteiger partial charge is 0.319 e. The van der Waals surface area contributed by atoms with Gasteiger partial charge in [0.05, 0.1) is 18.4 Å². The van der Waals surface area contributed by atoms with E-state index in [1.807, 2.05) is 38.1 Å². The van der Waals surface area contributed by atoms with Crippen LogP contribution in [0.4, 0.5) is 16.2 Å². The van der Waals surface area contributed by atoms with Crippen LogP contribution in [-0.2, 0) is 11.3 Å². The maximum absolute atomic E-state index is 12.1. The van der Waals surface area contributed by atoms with Crippen molar-refractivity contribution in [2.75, 3.05) is 29.9 Å². The lowest BCUT2D eigenvalue weighted by Gasteiger charge is -2.33. The second kappa shape index (κ2) is 7.57. The number of aryl methyl sites for hydroxylation is 2. The summed E-state index contributed by atoms with van der Waals surface area (Å²) in [5.41, 5.74) is 3.59. The minimum absolute atomic E-state index is 0.238. The van der Waals surface area contributed by atoms with Crippen molar-refractivity contribution in [3.8, 4) is 0 Å². The summed E-state index contributed by atoms with van der Waals surface area (Å²) in [6.07, 6.45) is 0.238. The fourth-order valence-electron chi connectivity index (χ4n) is 2.91. The van der Waals surface area contributed by atoms with Crippen LogP contribution < -0.4 is 15.5 Å². The summed E-state index contributed by atoms with van der Waals surface area (Å²) in [7, 11) is 0. The first-order valence-corrected chi connectivity index (χ1v) is 8.46. The zero-order valence-electron chi connectivity index (χ0n) is 14.8. The molecule has 25 heavy (non-hydrogen) atoms. The van der Waals surface area contributed by atoms with Crippen LogP contribution in [0.1, 0.15) is 23.9 Å². The molecule has 7 heteroatoms. The highest BCUT2D eigenvalue weighted by molar-refractivity contribution is 5.89. The molecule has 1 fully saturated rings. The Balaban J connectivity index is 1.53. The second-order valence-corrected chi connectivity index (χ2v) is 6.28. The molecular weight excluding hydrogens is 320 g/mol. The van der Waals surface area contributed by atoms with Gasteiger partial charge in [0.1, 0.15) is 5.76 Å². The molecule has 0 radical (unpaired) electrons. The Labute approximate surface area is 147 Å². The molecule has 0 saturated carbocycles. The third kappa shape index (κ3) is 4.30. The fraction of sp³-hybridized carbons (Fsp3) is 0.444. The van der Waals surface area contributed by atoms with E-state index in [9.17, 15) is 4.79 Å². The molecule has 2 aromatic rings. The van der Waals surface area contributed by atoms with Crippen LogP contribution in [0.15, 0.2) is 28.8 Å². The van der Waals surface area contributed by atoms with Gasteiger partial charge in [0.25, 0.3) is 0 Å². The van der Waals surface area contributed by atoms with Gasteiger partial charge in [-0.1, -0.05) is 5.16 Å². The maximum atomic E-state index is 12.1. The van der Waals surface area contributed by atoms with Gasteiger partial charge in [0.15, 0.2) is 0 Å². The number of nitrogens with one attached hydrogen (secondary N) is 2. The summed E-state index contributed by atoms with van der Waals surface area (Å²) in [6.45, 7) is 8.66. The van der Waals surface area contributed by atoms with Gasteiger partial charge < -0.3 is 24.8 Å². The van der Waals surface area contributed by atoms with Crippen LogP contribution in [0.25, 0.3) is 0 Å². The van der Waals surface area contributed by atoms with E-state index >= 15 is 0 Å². The molecule has 2 N–H and O–H groups in total. The third-order valence-electron chi connectivity index (χ3n) is 4.34. The Morgan fingerprint density at radius 1 is 1.32 bits per heavy atom. The van der Waals surface area contributed by atoms with Crippen LogP contribution in [0.2, 0.25) is 0 Å². The number of anilines is 2. The molecular formula is C18H24N4O3. The zero-order chi connectivity index (χ0) is 17.8. The number of amides is 2. The number of aromatic nitrogens is 1. The van der Waals surface area contributed by atoms with Crippen molar-refractivity contribution in [1.29, 1.82) is 0 Å². The molecule has 1 saturated heterocycles. The predicted octanol–water partition coefficient (Wildman–Crippen LogP) is 2.84. The topological polar surface area (TPSA) is 79.6 Å². The molecule has 1 aromatic carbocycles. The molecule has 134 valence electrons. The number of nitrogens with zero attached hydrogens (tertiary/aromatic N) is 2. The summed E-state index contributed by atoms with van der Waals surface area (Å²) in [5, 5.41) is 9.54. The number of rotatable bonds is 4. The van der Waals surface area contributed by atoms with Crippen molar-refractivity contribution in [2.24, 2.45) is 0 Å². The molecule has 0 spiro atoms. The lowest BCUT2D eigenvalue weighted by Crippen LogP contribution is -2.41. The van der Waals surface area contributed by atoms with Gasteiger partial charge in [-0.3, -0.25) is 0 Å². The number of hydrogen-bond acceptors (Lipinski definition) is 5. The Kier molecular flexibility index (Phi) is 5.23. The molecule has 1 aromatic heterocycles. The van der Waals surface area contributed by atoms with Crippen molar-refractivity contribution in [3.05, 3.63) is 41.3 Å². The molecule has 0 bridgehead atoms. The second-order valence-electron chi connectivity index (χ2n) is 6.28. The number of urea groups is 1. The van der Waals surface area contributed by atoms with Gasteiger partial charge in [-0.2, -0.15) is 0 Å². The fourth-order valence-corrected chi connectivity index (χ4v) is 2.91. The molecule has 2 heterocycles. The van der Waals surface area contributed by atoms with E-state index in [0.29, 0.717) is 6.54 Å². The Bertz CT molecular complexity index is 707. The van der Waals surface area contributed by atoms with Crippen molar-refractivity contribution in [3.63, 3.8) is 0 Å². The molecule has 1 unspecified atom stereocenters. The zero-order valence-corrected chi connectivity index (χ0v) is 14.8. The van der Waals surface area contributed by atoms with E-state index in [4.69, 9.17) is 9.26 Å².